The number of hydrogen-bond donors (Lipinski definition) is 1. The van der Waals surface area contributed by atoms with E-state index in [0.29, 0.717) is 34.2 Å². The van der Waals surface area contributed by atoms with Crippen molar-refractivity contribution in [1.29, 1.82) is 0 Å². The van der Waals surface area contributed by atoms with Crippen LogP contribution >= 0.6 is 0 Å². The lowest BCUT2D eigenvalue weighted by Gasteiger charge is -1.91. The molecule has 0 aliphatic carbocycles. The summed E-state index contributed by atoms with van der Waals surface area (Å²) in [5, 5.41) is 4.26. The molecule has 2 aromatic heterocycles. The number of carbonyl (C=O) groups is 1. The number of nitrogens with one attached hydrogen (secondary N) is 1. The van der Waals surface area contributed by atoms with Gasteiger partial charge < -0.3 is 9.51 Å². The second kappa shape index (κ2) is 3.55. The van der Waals surface area contributed by atoms with Crippen molar-refractivity contribution in [3.63, 3.8) is 0 Å². The second-order valence-electron chi connectivity index (χ2n) is 3.62. The molecule has 0 atom stereocenters. The van der Waals surface area contributed by atoms with Crippen LogP contribution in [0.2, 0.25) is 0 Å². The highest BCUT2D eigenvalue weighted by Gasteiger charge is 2.13. The molecular formula is C12H7FN2O2. The molecule has 0 unspecified atom stereocenters. The Hall–Kier alpha value is -2.43. The molecule has 0 aliphatic heterocycles. The highest BCUT2D eigenvalue weighted by atomic mass is 19.1. The second-order valence-corrected chi connectivity index (χ2v) is 3.62. The molecule has 3 rings (SSSR count). The van der Waals surface area contributed by atoms with Crippen LogP contribution in [0, 0.1) is 5.82 Å². The number of hydrogen-bond acceptors (Lipinski definition) is 3. The fourth-order valence-corrected chi connectivity index (χ4v) is 1.78. The van der Waals surface area contributed by atoms with E-state index in [1.807, 2.05) is 0 Å². The van der Waals surface area contributed by atoms with Crippen LogP contribution in [0.4, 0.5) is 4.39 Å². The maximum Gasteiger partial charge on any atom is 0.193 e. The number of nitrogens with zero attached hydrogens (tertiary/aromatic N) is 1. The van der Waals surface area contributed by atoms with Gasteiger partial charge in [0.05, 0.1) is 23.0 Å². The Balaban J connectivity index is 2.25. The SMILES string of the molecule is O=Cc1cnoc1-c1cc2cccc(F)c2[nH]1. The Bertz CT molecular complexity index is 699. The van der Waals surface area contributed by atoms with Crippen LogP contribution in [0.5, 0.6) is 0 Å². The zero-order valence-electron chi connectivity index (χ0n) is 8.61. The van der Waals surface area contributed by atoms with Gasteiger partial charge in [0.15, 0.2) is 12.0 Å². The lowest BCUT2D eigenvalue weighted by molar-refractivity contribution is 0.112. The molecule has 0 saturated heterocycles. The van der Waals surface area contributed by atoms with Crippen LogP contribution in [0.25, 0.3) is 22.4 Å². The predicted molar refractivity (Wildman–Crippen MR) is 59.1 cm³/mol. The third kappa shape index (κ3) is 1.44. The third-order valence-electron chi connectivity index (χ3n) is 2.57. The minimum Gasteiger partial charge on any atom is -0.354 e. The average Bonchev–Trinajstić information content (AvgIpc) is 2.94. The minimum atomic E-state index is -0.346. The monoisotopic (exact) mass is 230 g/mol. The highest BCUT2D eigenvalue weighted by molar-refractivity contribution is 5.89. The molecule has 1 aromatic carbocycles. The molecular weight excluding hydrogens is 223 g/mol. The molecule has 0 amide bonds. The van der Waals surface area contributed by atoms with Gasteiger partial charge in [-0.3, -0.25) is 4.79 Å². The van der Waals surface area contributed by atoms with Crippen molar-refractivity contribution in [2.75, 3.05) is 0 Å². The fourth-order valence-electron chi connectivity index (χ4n) is 1.78. The summed E-state index contributed by atoms with van der Waals surface area (Å²) in [6.45, 7) is 0. The lowest BCUT2D eigenvalue weighted by atomic mass is 10.2. The molecule has 0 saturated carbocycles. The van der Waals surface area contributed by atoms with Crippen molar-refractivity contribution in [2.45, 2.75) is 0 Å². The summed E-state index contributed by atoms with van der Waals surface area (Å²) in [7, 11) is 0. The van der Waals surface area contributed by atoms with E-state index in [-0.39, 0.29) is 5.82 Å². The van der Waals surface area contributed by atoms with Crippen molar-refractivity contribution >= 4 is 17.2 Å². The van der Waals surface area contributed by atoms with Gasteiger partial charge in [-0.05, 0) is 12.1 Å². The first-order valence-corrected chi connectivity index (χ1v) is 4.97. The Morgan fingerprint density at radius 2 is 2.29 bits per heavy atom. The number of benzene rings is 1. The van der Waals surface area contributed by atoms with E-state index < -0.39 is 0 Å². The molecule has 17 heavy (non-hydrogen) atoms. The van der Waals surface area contributed by atoms with Crippen molar-refractivity contribution < 1.29 is 13.7 Å². The quantitative estimate of drug-likeness (QED) is 0.688. The zero-order chi connectivity index (χ0) is 11.8. The number of rotatable bonds is 2. The number of aromatic amines is 1. The van der Waals surface area contributed by atoms with Crippen LogP contribution in [0.3, 0.4) is 0 Å². The average molecular weight is 230 g/mol. The summed E-state index contributed by atoms with van der Waals surface area (Å²) in [6, 6.07) is 6.47. The minimum absolute atomic E-state index is 0.315. The smallest absolute Gasteiger partial charge is 0.193 e. The van der Waals surface area contributed by atoms with Crippen LogP contribution in [0.15, 0.2) is 35.0 Å². The van der Waals surface area contributed by atoms with Crippen LogP contribution in [-0.4, -0.2) is 16.4 Å². The van der Waals surface area contributed by atoms with Crippen LogP contribution < -0.4 is 0 Å². The number of H-pyrrole nitrogens is 1. The molecule has 1 N–H and O–H groups in total. The molecule has 0 spiro atoms. The van der Waals surface area contributed by atoms with Crippen molar-refractivity contribution in [3.8, 4) is 11.5 Å². The van der Waals surface area contributed by atoms with E-state index in [2.05, 4.69) is 10.1 Å². The molecule has 4 nitrogen and oxygen atoms in total. The van der Waals surface area contributed by atoms with Gasteiger partial charge in [-0.15, -0.1) is 0 Å². The van der Waals surface area contributed by atoms with Gasteiger partial charge in [-0.2, -0.15) is 0 Å². The molecule has 3 aromatic rings. The first-order chi connectivity index (χ1) is 8.29. The fraction of sp³-hybridized carbons (Fsp3) is 0. The number of para-hydroxylation sites is 1. The Labute approximate surface area is 95.0 Å². The number of carbonyl (C=O) groups excluding carboxylic acids is 1. The third-order valence-corrected chi connectivity index (χ3v) is 2.57. The first kappa shape index (κ1) is 9.77. The van der Waals surface area contributed by atoms with Crippen molar-refractivity contribution in [3.05, 3.63) is 41.8 Å². The van der Waals surface area contributed by atoms with E-state index in [4.69, 9.17) is 4.52 Å². The van der Waals surface area contributed by atoms with Crippen molar-refractivity contribution in [1.82, 2.24) is 10.1 Å². The van der Waals surface area contributed by atoms with Crippen molar-refractivity contribution in [2.24, 2.45) is 0 Å². The van der Waals surface area contributed by atoms with E-state index in [1.54, 1.807) is 18.2 Å². The molecule has 0 aliphatic rings. The summed E-state index contributed by atoms with van der Waals surface area (Å²) >= 11 is 0. The Kier molecular flexibility index (Phi) is 2.04. The van der Waals surface area contributed by atoms with E-state index in [1.165, 1.54) is 12.3 Å². The van der Waals surface area contributed by atoms with Gasteiger partial charge in [-0.1, -0.05) is 17.3 Å². The topological polar surface area (TPSA) is 58.9 Å². The molecule has 2 heterocycles. The zero-order valence-corrected chi connectivity index (χ0v) is 8.61. The molecule has 0 radical (unpaired) electrons. The summed E-state index contributed by atoms with van der Waals surface area (Å²) in [4.78, 5) is 13.6. The lowest BCUT2D eigenvalue weighted by Crippen LogP contribution is -1.81. The van der Waals surface area contributed by atoms with Gasteiger partial charge in [0.2, 0.25) is 0 Å². The van der Waals surface area contributed by atoms with Gasteiger partial charge >= 0.3 is 0 Å². The number of halogens is 1. The predicted octanol–water partition coefficient (Wildman–Crippen LogP) is 2.77. The van der Waals surface area contributed by atoms with Crippen LogP contribution in [0.1, 0.15) is 10.4 Å². The summed E-state index contributed by atoms with van der Waals surface area (Å²) in [5.41, 5.74) is 1.25. The molecule has 0 bridgehead atoms. The largest absolute Gasteiger partial charge is 0.354 e. The summed E-state index contributed by atoms with van der Waals surface area (Å²) in [5.74, 6) is -0.0310. The van der Waals surface area contributed by atoms with E-state index in [9.17, 15) is 9.18 Å². The number of aldehydes is 1. The Morgan fingerprint density at radius 3 is 3.06 bits per heavy atom. The molecule has 5 heteroatoms. The maximum absolute atomic E-state index is 13.5. The van der Waals surface area contributed by atoms with Crippen LogP contribution in [-0.2, 0) is 0 Å². The maximum atomic E-state index is 13.5. The normalized spacial score (nSPS) is 10.9. The molecule has 84 valence electrons. The summed E-state index contributed by atoms with van der Waals surface area (Å²) in [6.07, 6.45) is 1.97. The first-order valence-electron chi connectivity index (χ1n) is 4.97. The van der Waals surface area contributed by atoms with Gasteiger partial charge in [0.1, 0.15) is 5.82 Å². The number of fused-ring (bicyclic) bond motifs is 1. The number of aromatic nitrogens is 2. The standard InChI is InChI=1S/C12H7FN2O2/c13-9-3-1-2-7-4-10(15-11(7)9)12-8(6-16)5-14-17-12/h1-6,15H. The van der Waals surface area contributed by atoms with Gasteiger partial charge in [0.25, 0.3) is 0 Å². The van der Waals surface area contributed by atoms with Gasteiger partial charge in [-0.25, -0.2) is 4.39 Å². The van der Waals surface area contributed by atoms with E-state index in [0.717, 1.165) is 0 Å². The van der Waals surface area contributed by atoms with Gasteiger partial charge in [0, 0.05) is 5.39 Å². The summed E-state index contributed by atoms with van der Waals surface area (Å²) < 4.78 is 18.5. The highest BCUT2D eigenvalue weighted by Crippen LogP contribution is 2.27. The van der Waals surface area contributed by atoms with E-state index >= 15 is 0 Å². The Morgan fingerprint density at radius 1 is 1.41 bits per heavy atom. The molecule has 0 fully saturated rings.